The Bertz CT molecular complexity index is 355. The first kappa shape index (κ1) is 8.29. The van der Waals surface area contributed by atoms with Crippen LogP contribution in [0, 0.1) is 6.92 Å². The molecule has 1 aromatic rings. The first-order valence-corrected chi connectivity index (χ1v) is 4.38. The molecule has 0 unspecified atom stereocenters. The predicted molar refractivity (Wildman–Crippen MR) is 46.6 cm³/mol. The van der Waals surface area contributed by atoms with Gasteiger partial charge in [0.1, 0.15) is 0 Å². The molecule has 0 amide bonds. The Morgan fingerprint density at radius 2 is 2.38 bits per heavy atom. The van der Waals surface area contributed by atoms with Gasteiger partial charge in [0.25, 0.3) is 0 Å². The molecule has 70 valence electrons. The minimum atomic E-state index is -0.337. The van der Waals surface area contributed by atoms with Crippen molar-refractivity contribution in [2.75, 3.05) is 7.11 Å². The van der Waals surface area contributed by atoms with Crippen molar-refractivity contribution in [2.24, 2.45) is 0 Å². The Hall–Kier alpha value is -1.32. The van der Waals surface area contributed by atoms with Crippen molar-refractivity contribution >= 4 is 5.97 Å². The van der Waals surface area contributed by atoms with E-state index in [2.05, 4.69) is 9.72 Å². The van der Waals surface area contributed by atoms with Gasteiger partial charge in [-0.3, -0.25) is 0 Å². The van der Waals surface area contributed by atoms with Crippen molar-refractivity contribution in [1.82, 2.24) is 9.55 Å². The Morgan fingerprint density at radius 1 is 1.62 bits per heavy atom. The highest BCUT2D eigenvalue weighted by Crippen LogP contribution is 2.20. The third-order valence-corrected chi connectivity index (χ3v) is 2.44. The Morgan fingerprint density at radius 3 is 3.08 bits per heavy atom. The highest BCUT2D eigenvalue weighted by molar-refractivity contribution is 5.85. The Labute approximate surface area is 76.5 Å². The van der Waals surface area contributed by atoms with Crippen LogP contribution in [0.25, 0.3) is 0 Å². The van der Waals surface area contributed by atoms with E-state index in [9.17, 15) is 4.79 Å². The molecule has 0 N–H and O–H groups in total. The number of aryl methyl sites for hydroxylation is 1. The fourth-order valence-corrected chi connectivity index (χ4v) is 1.82. The lowest BCUT2D eigenvalue weighted by Gasteiger charge is -2.00. The number of esters is 1. The molecule has 0 aliphatic carbocycles. The van der Waals surface area contributed by atoms with Crippen LogP contribution in [0.4, 0.5) is 0 Å². The Kier molecular flexibility index (Phi) is 1.83. The van der Waals surface area contributed by atoms with Gasteiger partial charge in [-0.1, -0.05) is 0 Å². The van der Waals surface area contributed by atoms with Crippen LogP contribution in [0.5, 0.6) is 0 Å². The second kappa shape index (κ2) is 2.87. The molecular formula is C9H12N2O2. The van der Waals surface area contributed by atoms with E-state index in [1.165, 1.54) is 12.8 Å². The predicted octanol–water partition coefficient (Wildman–Crippen LogP) is 0.924. The van der Waals surface area contributed by atoms with Gasteiger partial charge in [-0.05, 0) is 19.8 Å². The van der Waals surface area contributed by atoms with E-state index >= 15 is 0 Å². The number of nitrogens with zero attached hydrogens (tertiary/aromatic N) is 2. The topological polar surface area (TPSA) is 44.1 Å². The molecule has 4 heteroatoms. The number of aromatic nitrogens is 2. The van der Waals surface area contributed by atoms with E-state index in [1.54, 1.807) is 0 Å². The van der Waals surface area contributed by atoms with E-state index in [4.69, 9.17) is 0 Å². The van der Waals surface area contributed by atoms with Crippen molar-refractivity contribution in [3.8, 4) is 0 Å². The van der Waals surface area contributed by atoms with Crippen LogP contribution in [0.15, 0.2) is 0 Å². The molecule has 1 aliphatic heterocycles. The fraction of sp³-hybridized carbons (Fsp3) is 0.556. The molecule has 0 spiro atoms. The van der Waals surface area contributed by atoms with E-state index in [0.29, 0.717) is 5.82 Å². The number of carbonyl (C=O) groups is 1. The maximum Gasteiger partial charge on any atom is 0.374 e. The number of imidazole rings is 1. The zero-order valence-electron chi connectivity index (χ0n) is 7.83. The Balaban J connectivity index is 2.48. The van der Waals surface area contributed by atoms with Gasteiger partial charge < -0.3 is 9.30 Å². The molecule has 2 heterocycles. The van der Waals surface area contributed by atoms with Gasteiger partial charge in [0, 0.05) is 12.2 Å². The van der Waals surface area contributed by atoms with Gasteiger partial charge in [-0.2, -0.15) is 0 Å². The van der Waals surface area contributed by atoms with Crippen LogP contribution < -0.4 is 0 Å². The summed E-state index contributed by atoms with van der Waals surface area (Å²) in [6.45, 7) is 2.82. The summed E-state index contributed by atoms with van der Waals surface area (Å²) in [4.78, 5) is 15.5. The minimum Gasteiger partial charge on any atom is -0.463 e. The average Bonchev–Trinajstić information content (AvgIpc) is 2.68. The van der Waals surface area contributed by atoms with Crippen molar-refractivity contribution in [1.29, 1.82) is 0 Å². The molecule has 0 bridgehead atoms. The average molecular weight is 180 g/mol. The van der Waals surface area contributed by atoms with Crippen LogP contribution in [-0.4, -0.2) is 22.6 Å². The molecule has 1 aromatic heterocycles. The molecule has 0 aromatic carbocycles. The van der Waals surface area contributed by atoms with Crippen LogP contribution in [0.2, 0.25) is 0 Å². The standard InChI is InChI=1S/C9H12N2O2/c1-6-7-4-3-5-11(7)8(10-6)9(12)13-2/h3-5H2,1-2H3. The summed E-state index contributed by atoms with van der Waals surface area (Å²) >= 11 is 0. The number of methoxy groups -OCH3 is 1. The second-order valence-corrected chi connectivity index (χ2v) is 3.21. The third kappa shape index (κ3) is 1.13. The summed E-state index contributed by atoms with van der Waals surface area (Å²) in [7, 11) is 1.38. The minimum absolute atomic E-state index is 0.337. The molecule has 0 fully saturated rings. The molecule has 0 radical (unpaired) electrons. The van der Waals surface area contributed by atoms with Gasteiger partial charge >= 0.3 is 5.97 Å². The monoisotopic (exact) mass is 180 g/mol. The lowest BCUT2D eigenvalue weighted by atomic mass is 10.2. The SMILES string of the molecule is COC(=O)c1nc(C)c2n1CCC2. The molecule has 2 rings (SSSR count). The quantitative estimate of drug-likeness (QED) is 0.604. The number of hydrogen-bond donors (Lipinski definition) is 0. The van der Waals surface area contributed by atoms with E-state index in [1.807, 2.05) is 11.5 Å². The van der Waals surface area contributed by atoms with Crippen molar-refractivity contribution in [2.45, 2.75) is 26.3 Å². The maximum absolute atomic E-state index is 11.3. The van der Waals surface area contributed by atoms with Crippen molar-refractivity contribution in [3.05, 3.63) is 17.2 Å². The number of fused-ring (bicyclic) bond motifs is 1. The van der Waals surface area contributed by atoms with Crippen LogP contribution >= 0.6 is 0 Å². The zero-order valence-corrected chi connectivity index (χ0v) is 7.83. The number of ether oxygens (including phenoxy) is 1. The summed E-state index contributed by atoms with van der Waals surface area (Å²) in [5.74, 6) is 0.115. The first-order valence-electron chi connectivity index (χ1n) is 4.38. The van der Waals surface area contributed by atoms with Gasteiger partial charge in [0.2, 0.25) is 5.82 Å². The number of rotatable bonds is 1. The summed E-state index contributed by atoms with van der Waals surface area (Å²) in [6, 6.07) is 0. The lowest BCUT2D eigenvalue weighted by Crippen LogP contribution is -2.10. The smallest absolute Gasteiger partial charge is 0.374 e. The zero-order chi connectivity index (χ0) is 9.42. The van der Waals surface area contributed by atoms with E-state index < -0.39 is 0 Å². The van der Waals surface area contributed by atoms with Crippen LogP contribution in [0.3, 0.4) is 0 Å². The first-order chi connectivity index (χ1) is 6.24. The van der Waals surface area contributed by atoms with Gasteiger partial charge in [0.15, 0.2) is 0 Å². The van der Waals surface area contributed by atoms with Crippen molar-refractivity contribution < 1.29 is 9.53 Å². The highest BCUT2D eigenvalue weighted by atomic mass is 16.5. The molecule has 1 aliphatic rings. The van der Waals surface area contributed by atoms with E-state index in [0.717, 1.165) is 25.1 Å². The summed E-state index contributed by atoms with van der Waals surface area (Å²) < 4.78 is 6.61. The van der Waals surface area contributed by atoms with Crippen LogP contribution in [0.1, 0.15) is 28.4 Å². The number of carbonyl (C=O) groups excluding carboxylic acids is 1. The van der Waals surface area contributed by atoms with Crippen molar-refractivity contribution in [3.63, 3.8) is 0 Å². The number of hydrogen-bond acceptors (Lipinski definition) is 3. The molecule has 0 atom stereocenters. The maximum atomic E-state index is 11.3. The molecule has 13 heavy (non-hydrogen) atoms. The highest BCUT2D eigenvalue weighted by Gasteiger charge is 2.23. The molecule has 4 nitrogen and oxygen atoms in total. The third-order valence-electron chi connectivity index (χ3n) is 2.44. The summed E-state index contributed by atoms with van der Waals surface area (Å²) in [6.07, 6.45) is 2.12. The summed E-state index contributed by atoms with van der Waals surface area (Å²) in [5, 5.41) is 0. The summed E-state index contributed by atoms with van der Waals surface area (Å²) in [5.41, 5.74) is 2.14. The second-order valence-electron chi connectivity index (χ2n) is 3.21. The normalized spacial score (nSPS) is 14.3. The molecule has 0 saturated carbocycles. The van der Waals surface area contributed by atoms with E-state index in [-0.39, 0.29) is 5.97 Å². The fourth-order valence-electron chi connectivity index (χ4n) is 1.82. The van der Waals surface area contributed by atoms with Gasteiger partial charge in [-0.15, -0.1) is 0 Å². The molecular weight excluding hydrogens is 168 g/mol. The lowest BCUT2D eigenvalue weighted by molar-refractivity contribution is 0.0581. The van der Waals surface area contributed by atoms with Gasteiger partial charge in [-0.25, -0.2) is 9.78 Å². The van der Waals surface area contributed by atoms with Crippen LogP contribution in [-0.2, 0) is 17.7 Å². The largest absolute Gasteiger partial charge is 0.463 e. The van der Waals surface area contributed by atoms with Gasteiger partial charge in [0.05, 0.1) is 12.8 Å². The molecule has 0 saturated heterocycles.